The molecule has 1 aromatic carbocycles. The van der Waals surface area contributed by atoms with Gasteiger partial charge >= 0.3 is 0 Å². The van der Waals surface area contributed by atoms with E-state index in [2.05, 4.69) is 46.3 Å². The fraction of sp³-hybridized carbons (Fsp3) is 0.385. The molecular weight excluding hydrogens is 236 g/mol. The van der Waals surface area contributed by atoms with Crippen LogP contribution < -0.4 is 0 Å². The SMILES string of the molecule is BrCCC1=C(Cc2ccccc2)CC1. The Balaban J connectivity index is 2.02. The average Bonchev–Trinajstić information content (AvgIpc) is 2.23. The Morgan fingerprint density at radius 3 is 2.29 bits per heavy atom. The molecule has 1 aliphatic carbocycles. The van der Waals surface area contributed by atoms with Gasteiger partial charge in [-0.1, -0.05) is 57.4 Å². The highest BCUT2D eigenvalue weighted by molar-refractivity contribution is 9.09. The molecule has 0 radical (unpaired) electrons. The monoisotopic (exact) mass is 250 g/mol. The number of benzene rings is 1. The first-order valence-electron chi connectivity index (χ1n) is 5.20. The van der Waals surface area contributed by atoms with Crippen LogP contribution in [0.4, 0.5) is 0 Å². The van der Waals surface area contributed by atoms with Gasteiger partial charge in [-0.3, -0.25) is 0 Å². The minimum atomic E-state index is 1.11. The molecule has 0 unspecified atom stereocenters. The molecule has 14 heavy (non-hydrogen) atoms. The number of alkyl halides is 1. The van der Waals surface area contributed by atoms with Crippen LogP contribution in [0, 0.1) is 0 Å². The van der Waals surface area contributed by atoms with Crippen LogP contribution in [0.15, 0.2) is 41.5 Å². The summed E-state index contributed by atoms with van der Waals surface area (Å²) in [5.74, 6) is 0. The number of rotatable bonds is 4. The fourth-order valence-corrected chi connectivity index (χ4v) is 2.43. The van der Waals surface area contributed by atoms with Crippen molar-refractivity contribution in [1.82, 2.24) is 0 Å². The van der Waals surface area contributed by atoms with E-state index in [1.54, 1.807) is 11.1 Å². The van der Waals surface area contributed by atoms with Crippen molar-refractivity contribution in [3.63, 3.8) is 0 Å². The first kappa shape index (κ1) is 9.97. The first-order valence-corrected chi connectivity index (χ1v) is 6.32. The Morgan fingerprint density at radius 2 is 1.71 bits per heavy atom. The molecule has 0 nitrogen and oxygen atoms in total. The van der Waals surface area contributed by atoms with Crippen molar-refractivity contribution >= 4 is 15.9 Å². The van der Waals surface area contributed by atoms with Crippen LogP contribution in [0.1, 0.15) is 24.8 Å². The molecule has 1 heteroatoms. The van der Waals surface area contributed by atoms with E-state index in [1.807, 2.05) is 0 Å². The summed E-state index contributed by atoms with van der Waals surface area (Å²) in [7, 11) is 0. The molecule has 0 bridgehead atoms. The van der Waals surface area contributed by atoms with Gasteiger partial charge in [-0.15, -0.1) is 0 Å². The summed E-state index contributed by atoms with van der Waals surface area (Å²) in [6.07, 6.45) is 5.05. The molecule has 0 fully saturated rings. The van der Waals surface area contributed by atoms with Crippen molar-refractivity contribution in [2.75, 3.05) is 5.33 Å². The van der Waals surface area contributed by atoms with E-state index in [-0.39, 0.29) is 0 Å². The Morgan fingerprint density at radius 1 is 1.00 bits per heavy atom. The van der Waals surface area contributed by atoms with Crippen molar-refractivity contribution in [3.8, 4) is 0 Å². The molecule has 0 aliphatic heterocycles. The van der Waals surface area contributed by atoms with E-state index in [4.69, 9.17) is 0 Å². The standard InChI is InChI=1S/C13H15Br/c14-9-8-12-6-7-13(12)10-11-4-2-1-3-5-11/h1-5H,6-10H2. The highest BCUT2D eigenvalue weighted by Gasteiger charge is 2.15. The summed E-state index contributed by atoms with van der Waals surface area (Å²) in [5.41, 5.74) is 4.82. The number of allylic oxidation sites excluding steroid dienone is 2. The Hall–Kier alpha value is -0.560. The van der Waals surface area contributed by atoms with Crippen LogP contribution in [0.25, 0.3) is 0 Å². The number of halogens is 1. The van der Waals surface area contributed by atoms with E-state index in [0.29, 0.717) is 0 Å². The molecule has 1 aromatic rings. The quantitative estimate of drug-likeness (QED) is 0.558. The smallest absolute Gasteiger partial charge is 0.00686 e. The lowest BCUT2D eigenvalue weighted by atomic mass is 9.83. The summed E-state index contributed by atoms with van der Waals surface area (Å²) in [6, 6.07) is 10.8. The molecule has 0 N–H and O–H groups in total. The van der Waals surface area contributed by atoms with Crippen molar-refractivity contribution in [2.45, 2.75) is 25.7 Å². The maximum absolute atomic E-state index is 3.50. The molecule has 0 aromatic heterocycles. The van der Waals surface area contributed by atoms with Crippen molar-refractivity contribution in [1.29, 1.82) is 0 Å². The Kier molecular flexibility index (Phi) is 3.41. The molecule has 2 rings (SSSR count). The second-order valence-corrected chi connectivity index (χ2v) is 4.60. The molecule has 0 amide bonds. The predicted octanol–water partition coefficient (Wildman–Crippen LogP) is 4.10. The zero-order valence-corrected chi connectivity index (χ0v) is 9.89. The van der Waals surface area contributed by atoms with Crippen LogP contribution in [0.2, 0.25) is 0 Å². The third-order valence-electron chi connectivity index (χ3n) is 2.89. The van der Waals surface area contributed by atoms with Gasteiger partial charge in [-0.05, 0) is 31.2 Å². The first-order chi connectivity index (χ1) is 6.90. The average molecular weight is 251 g/mol. The molecule has 0 atom stereocenters. The van der Waals surface area contributed by atoms with Gasteiger partial charge in [0.05, 0.1) is 0 Å². The number of hydrogen-bond donors (Lipinski definition) is 0. The Labute approximate surface area is 94.2 Å². The maximum atomic E-state index is 3.50. The molecule has 0 saturated carbocycles. The van der Waals surface area contributed by atoms with Gasteiger partial charge < -0.3 is 0 Å². The van der Waals surface area contributed by atoms with Gasteiger partial charge in [-0.25, -0.2) is 0 Å². The molecule has 0 saturated heterocycles. The zero-order chi connectivity index (χ0) is 9.80. The van der Waals surface area contributed by atoms with E-state index < -0.39 is 0 Å². The largest absolute Gasteiger partial charge is 0.0925 e. The highest BCUT2D eigenvalue weighted by atomic mass is 79.9. The Bertz CT molecular complexity index is 324. The summed E-state index contributed by atoms with van der Waals surface area (Å²) in [5, 5.41) is 1.11. The molecule has 1 aliphatic rings. The van der Waals surface area contributed by atoms with Crippen LogP contribution in [-0.4, -0.2) is 5.33 Å². The molecular formula is C13H15Br. The second kappa shape index (κ2) is 4.79. The van der Waals surface area contributed by atoms with Gasteiger partial charge in [0.15, 0.2) is 0 Å². The summed E-state index contributed by atoms with van der Waals surface area (Å²) >= 11 is 3.50. The van der Waals surface area contributed by atoms with Crippen LogP contribution in [-0.2, 0) is 6.42 Å². The third kappa shape index (κ3) is 2.27. The van der Waals surface area contributed by atoms with E-state index in [0.717, 1.165) is 5.33 Å². The molecule has 0 heterocycles. The summed E-state index contributed by atoms with van der Waals surface area (Å²) < 4.78 is 0. The number of hydrogen-bond acceptors (Lipinski definition) is 0. The van der Waals surface area contributed by atoms with Crippen LogP contribution >= 0.6 is 15.9 Å². The predicted molar refractivity (Wildman–Crippen MR) is 64.8 cm³/mol. The third-order valence-corrected chi connectivity index (χ3v) is 3.28. The van der Waals surface area contributed by atoms with Crippen molar-refractivity contribution < 1.29 is 0 Å². The zero-order valence-electron chi connectivity index (χ0n) is 8.30. The van der Waals surface area contributed by atoms with E-state index >= 15 is 0 Å². The van der Waals surface area contributed by atoms with Crippen molar-refractivity contribution in [3.05, 3.63) is 47.0 Å². The summed E-state index contributed by atoms with van der Waals surface area (Å²) in [6.45, 7) is 0. The highest BCUT2D eigenvalue weighted by Crippen LogP contribution is 2.33. The fourth-order valence-electron chi connectivity index (χ4n) is 1.95. The maximum Gasteiger partial charge on any atom is 0.00686 e. The second-order valence-electron chi connectivity index (χ2n) is 3.81. The lowest BCUT2D eigenvalue weighted by Crippen LogP contribution is -2.07. The van der Waals surface area contributed by atoms with Crippen LogP contribution in [0.3, 0.4) is 0 Å². The van der Waals surface area contributed by atoms with Gasteiger partial charge in [0.1, 0.15) is 0 Å². The summed E-state index contributed by atoms with van der Waals surface area (Å²) in [4.78, 5) is 0. The topological polar surface area (TPSA) is 0 Å². The lowest BCUT2D eigenvalue weighted by Gasteiger charge is -2.23. The molecule has 74 valence electrons. The van der Waals surface area contributed by atoms with Crippen LogP contribution in [0.5, 0.6) is 0 Å². The van der Waals surface area contributed by atoms with Gasteiger partial charge in [0, 0.05) is 5.33 Å². The minimum Gasteiger partial charge on any atom is -0.0925 e. The normalized spacial score (nSPS) is 15.5. The minimum absolute atomic E-state index is 1.11. The van der Waals surface area contributed by atoms with Gasteiger partial charge in [0.25, 0.3) is 0 Å². The van der Waals surface area contributed by atoms with Gasteiger partial charge in [0.2, 0.25) is 0 Å². The van der Waals surface area contributed by atoms with E-state index in [1.165, 1.54) is 31.2 Å². The van der Waals surface area contributed by atoms with E-state index in [9.17, 15) is 0 Å². The van der Waals surface area contributed by atoms with Gasteiger partial charge in [-0.2, -0.15) is 0 Å². The van der Waals surface area contributed by atoms with Crippen molar-refractivity contribution in [2.24, 2.45) is 0 Å². The lowest BCUT2D eigenvalue weighted by molar-refractivity contribution is 0.730. The molecule has 0 spiro atoms.